The molecule has 4 nitrogen and oxygen atoms in total. The SMILES string of the molecule is Cc1cc(-c2nc3ccccc3s2)ccc1NC(=O)c1ccco1. The number of carbonyl (C=O) groups is 1. The molecule has 24 heavy (non-hydrogen) atoms. The van der Waals surface area contributed by atoms with Crippen LogP contribution in [0.1, 0.15) is 16.1 Å². The highest BCUT2D eigenvalue weighted by Gasteiger charge is 2.12. The van der Waals surface area contributed by atoms with Crippen molar-refractivity contribution in [1.29, 1.82) is 0 Å². The Hall–Kier alpha value is -2.92. The number of aryl methyl sites for hydroxylation is 1. The van der Waals surface area contributed by atoms with Gasteiger partial charge < -0.3 is 9.73 Å². The lowest BCUT2D eigenvalue weighted by Gasteiger charge is -2.08. The lowest BCUT2D eigenvalue weighted by Crippen LogP contribution is -2.11. The molecular formula is C19H14N2O2S. The van der Waals surface area contributed by atoms with Crippen LogP contribution < -0.4 is 5.32 Å². The predicted octanol–water partition coefficient (Wildman–Crippen LogP) is 5.12. The summed E-state index contributed by atoms with van der Waals surface area (Å²) in [6, 6.07) is 17.3. The number of nitrogens with zero attached hydrogens (tertiary/aromatic N) is 1. The summed E-state index contributed by atoms with van der Waals surface area (Å²) in [5.41, 5.74) is 3.79. The third-order valence-electron chi connectivity index (χ3n) is 3.76. The van der Waals surface area contributed by atoms with Crippen molar-refractivity contribution in [3.8, 4) is 10.6 Å². The molecule has 0 saturated carbocycles. The second kappa shape index (κ2) is 5.94. The third-order valence-corrected chi connectivity index (χ3v) is 4.85. The van der Waals surface area contributed by atoms with Crippen molar-refractivity contribution in [3.05, 3.63) is 72.2 Å². The molecule has 0 unspecified atom stereocenters. The van der Waals surface area contributed by atoms with Crippen molar-refractivity contribution in [3.63, 3.8) is 0 Å². The Labute approximate surface area is 142 Å². The van der Waals surface area contributed by atoms with E-state index in [-0.39, 0.29) is 5.91 Å². The molecular weight excluding hydrogens is 320 g/mol. The first-order chi connectivity index (χ1) is 11.7. The molecule has 2 heterocycles. The van der Waals surface area contributed by atoms with Crippen LogP contribution in [0, 0.1) is 6.92 Å². The number of thiazole rings is 1. The van der Waals surface area contributed by atoms with Crippen LogP contribution in [0.15, 0.2) is 65.3 Å². The average molecular weight is 334 g/mol. The summed E-state index contributed by atoms with van der Waals surface area (Å²) in [5, 5.41) is 3.84. The monoisotopic (exact) mass is 334 g/mol. The van der Waals surface area contributed by atoms with Crippen LogP contribution in [0.2, 0.25) is 0 Å². The van der Waals surface area contributed by atoms with Crippen LogP contribution in [0.4, 0.5) is 5.69 Å². The van der Waals surface area contributed by atoms with Gasteiger partial charge in [-0.1, -0.05) is 12.1 Å². The van der Waals surface area contributed by atoms with Gasteiger partial charge in [0.25, 0.3) is 5.91 Å². The molecule has 2 aromatic heterocycles. The third kappa shape index (κ3) is 2.70. The molecule has 5 heteroatoms. The van der Waals surface area contributed by atoms with Gasteiger partial charge in [0.15, 0.2) is 5.76 Å². The second-order valence-electron chi connectivity index (χ2n) is 5.45. The first-order valence-electron chi connectivity index (χ1n) is 7.52. The minimum absolute atomic E-state index is 0.254. The maximum atomic E-state index is 12.1. The van der Waals surface area contributed by atoms with Crippen molar-refractivity contribution in [2.45, 2.75) is 6.92 Å². The molecule has 4 rings (SSSR count). The van der Waals surface area contributed by atoms with Crippen molar-refractivity contribution in [2.24, 2.45) is 0 Å². The average Bonchev–Trinajstić information content (AvgIpc) is 3.26. The molecule has 0 atom stereocenters. The number of anilines is 1. The van der Waals surface area contributed by atoms with Crippen LogP contribution >= 0.6 is 11.3 Å². The van der Waals surface area contributed by atoms with Gasteiger partial charge in [0, 0.05) is 11.3 Å². The summed E-state index contributed by atoms with van der Waals surface area (Å²) in [4.78, 5) is 16.8. The lowest BCUT2D eigenvalue weighted by atomic mass is 10.1. The van der Waals surface area contributed by atoms with E-state index >= 15 is 0 Å². The van der Waals surface area contributed by atoms with Gasteiger partial charge in [0.2, 0.25) is 0 Å². The Morgan fingerprint density at radius 3 is 2.75 bits per heavy atom. The predicted molar refractivity (Wildman–Crippen MR) is 96.5 cm³/mol. The zero-order chi connectivity index (χ0) is 16.5. The Morgan fingerprint density at radius 1 is 1.12 bits per heavy atom. The van der Waals surface area contributed by atoms with E-state index in [0.29, 0.717) is 5.76 Å². The van der Waals surface area contributed by atoms with E-state index in [1.54, 1.807) is 23.5 Å². The number of hydrogen-bond acceptors (Lipinski definition) is 4. The molecule has 0 fully saturated rings. The molecule has 2 aromatic carbocycles. The highest BCUT2D eigenvalue weighted by atomic mass is 32.1. The Kier molecular flexibility index (Phi) is 3.63. The standard InChI is InChI=1S/C19H14N2O2S/c1-12-11-13(19-21-15-5-2-3-7-17(15)24-19)8-9-14(12)20-18(22)16-6-4-10-23-16/h2-11H,1H3,(H,20,22). The van der Waals surface area contributed by atoms with Gasteiger partial charge in [-0.05, 0) is 55.0 Å². The first kappa shape index (κ1) is 14.7. The smallest absolute Gasteiger partial charge is 0.291 e. The molecule has 4 aromatic rings. The minimum atomic E-state index is -0.254. The van der Waals surface area contributed by atoms with Gasteiger partial charge in [-0.3, -0.25) is 4.79 Å². The van der Waals surface area contributed by atoms with Gasteiger partial charge >= 0.3 is 0 Å². The summed E-state index contributed by atoms with van der Waals surface area (Å²) in [7, 11) is 0. The molecule has 118 valence electrons. The van der Waals surface area contributed by atoms with Gasteiger partial charge in [-0.15, -0.1) is 11.3 Å². The van der Waals surface area contributed by atoms with Crippen molar-refractivity contribution in [1.82, 2.24) is 4.98 Å². The van der Waals surface area contributed by atoms with Crippen LogP contribution in [0.25, 0.3) is 20.8 Å². The molecule has 0 aliphatic carbocycles. The number of hydrogen-bond donors (Lipinski definition) is 1. The normalized spacial score (nSPS) is 10.9. The topological polar surface area (TPSA) is 55.1 Å². The van der Waals surface area contributed by atoms with Gasteiger partial charge in [-0.2, -0.15) is 0 Å². The fourth-order valence-electron chi connectivity index (χ4n) is 2.52. The number of para-hydroxylation sites is 1. The number of fused-ring (bicyclic) bond motifs is 1. The maximum Gasteiger partial charge on any atom is 0.291 e. The molecule has 0 bridgehead atoms. The van der Waals surface area contributed by atoms with Gasteiger partial charge in [0.1, 0.15) is 5.01 Å². The summed E-state index contributed by atoms with van der Waals surface area (Å²) in [6.07, 6.45) is 1.48. The Morgan fingerprint density at radius 2 is 2.00 bits per heavy atom. The molecule has 1 amide bonds. The van der Waals surface area contributed by atoms with Crippen LogP contribution in [-0.4, -0.2) is 10.9 Å². The number of benzene rings is 2. The van der Waals surface area contributed by atoms with E-state index in [9.17, 15) is 4.79 Å². The number of amides is 1. The summed E-state index contributed by atoms with van der Waals surface area (Å²) in [5.74, 6) is 0.0421. The van der Waals surface area contributed by atoms with Crippen molar-refractivity contribution < 1.29 is 9.21 Å². The van der Waals surface area contributed by atoms with E-state index in [4.69, 9.17) is 4.42 Å². The number of carbonyl (C=O) groups excluding carboxylic acids is 1. The second-order valence-corrected chi connectivity index (χ2v) is 6.48. The lowest BCUT2D eigenvalue weighted by molar-refractivity contribution is 0.0996. The van der Waals surface area contributed by atoms with E-state index < -0.39 is 0 Å². The zero-order valence-corrected chi connectivity index (χ0v) is 13.8. The zero-order valence-electron chi connectivity index (χ0n) is 12.9. The summed E-state index contributed by atoms with van der Waals surface area (Å²) >= 11 is 1.66. The largest absolute Gasteiger partial charge is 0.459 e. The van der Waals surface area contributed by atoms with Crippen molar-refractivity contribution in [2.75, 3.05) is 5.32 Å². The molecule has 0 aliphatic heterocycles. The van der Waals surface area contributed by atoms with Gasteiger partial charge in [0.05, 0.1) is 16.5 Å². The highest BCUT2D eigenvalue weighted by Crippen LogP contribution is 2.32. The van der Waals surface area contributed by atoms with Crippen LogP contribution in [0.5, 0.6) is 0 Å². The Balaban J connectivity index is 1.63. The molecule has 0 saturated heterocycles. The number of nitrogens with one attached hydrogen (secondary N) is 1. The fourth-order valence-corrected chi connectivity index (χ4v) is 3.49. The van der Waals surface area contributed by atoms with E-state index in [0.717, 1.165) is 27.3 Å². The first-order valence-corrected chi connectivity index (χ1v) is 8.34. The van der Waals surface area contributed by atoms with E-state index in [2.05, 4.69) is 16.4 Å². The number of rotatable bonds is 3. The van der Waals surface area contributed by atoms with Crippen LogP contribution in [-0.2, 0) is 0 Å². The Bertz CT molecular complexity index is 986. The summed E-state index contributed by atoms with van der Waals surface area (Å²) in [6.45, 7) is 1.97. The minimum Gasteiger partial charge on any atom is -0.459 e. The molecule has 0 spiro atoms. The molecule has 0 aliphatic rings. The molecule has 1 N–H and O–H groups in total. The number of furan rings is 1. The van der Waals surface area contributed by atoms with Crippen molar-refractivity contribution >= 4 is 33.1 Å². The number of aromatic nitrogens is 1. The van der Waals surface area contributed by atoms with Crippen LogP contribution in [0.3, 0.4) is 0 Å². The highest BCUT2D eigenvalue weighted by molar-refractivity contribution is 7.21. The van der Waals surface area contributed by atoms with E-state index in [1.807, 2.05) is 43.3 Å². The summed E-state index contributed by atoms with van der Waals surface area (Å²) < 4.78 is 6.28. The maximum absolute atomic E-state index is 12.1. The fraction of sp³-hybridized carbons (Fsp3) is 0.0526. The van der Waals surface area contributed by atoms with Gasteiger partial charge in [-0.25, -0.2) is 4.98 Å². The molecule has 0 radical (unpaired) electrons. The van der Waals surface area contributed by atoms with E-state index in [1.165, 1.54) is 11.0 Å². The quantitative estimate of drug-likeness (QED) is 0.566.